The summed E-state index contributed by atoms with van der Waals surface area (Å²) < 4.78 is 6.14. The first kappa shape index (κ1) is 28.6. The summed E-state index contributed by atoms with van der Waals surface area (Å²) in [7, 11) is 0. The third-order valence-corrected chi connectivity index (χ3v) is 9.78. The van der Waals surface area contributed by atoms with Crippen LogP contribution in [0.25, 0.3) is 0 Å². The number of carbonyl (C=O) groups is 3. The van der Waals surface area contributed by atoms with Crippen LogP contribution in [0.4, 0.5) is 0 Å². The molecule has 2 bridgehead atoms. The molecule has 0 aromatic carbocycles. The van der Waals surface area contributed by atoms with Crippen molar-refractivity contribution >= 4 is 17.5 Å². The van der Waals surface area contributed by atoms with Crippen molar-refractivity contribution < 1.29 is 24.2 Å². The molecule has 4 aliphatic carbocycles. The van der Waals surface area contributed by atoms with Crippen LogP contribution in [0.15, 0.2) is 46.3 Å². The number of Topliss-reactive ketones (excluding diaryl/α,β-unsaturated/α-hetero) is 2. The average molecular weight is 523 g/mol. The number of ether oxygens (including phenoxy) is 1. The predicted molar refractivity (Wildman–Crippen MR) is 149 cm³/mol. The number of aliphatic hydroxyl groups is 1. The molecule has 38 heavy (non-hydrogen) atoms. The molecule has 2 fully saturated rings. The number of fused-ring (bicyclic) bond motifs is 2. The molecule has 0 radical (unpaired) electrons. The van der Waals surface area contributed by atoms with Gasteiger partial charge in [0.25, 0.3) is 0 Å². The molecular weight excluding hydrogens is 476 g/mol. The molecule has 0 aromatic rings. The first-order valence-corrected chi connectivity index (χ1v) is 14.6. The lowest BCUT2D eigenvalue weighted by Crippen LogP contribution is -2.39. The third kappa shape index (κ3) is 5.22. The highest BCUT2D eigenvalue weighted by atomic mass is 16.5. The number of carbonyl (C=O) groups excluding carboxylic acids is 3. The molecule has 5 atom stereocenters. The number of hydrogen-bond donors (Lipinski definition) is 1. The Balaban J connectivity index is 1.74. The van der Waals surface area contributed by atoms with Gasteiger partial charge in [0, 0.05) is 16.9 Å². The second-order valence-corrected chi connectivity index (χ2v) is 13.6. The molecule has 0 saturated heterocycles. The highest BCUT2D eigenvalue weighted by molar-refractivity contribution is 6.51. The van der Waals surface area contributed by atoms with Gasteiger partial charge in [0.05, 0.1) is 5.57 Å². The van der Waals surface area contributed by atoms with Crippen molar-refractivity contribution in [2.45, 2.75) is 112 Å². The number of unbranched alkanes of at least 4 members (excludes halogenated alkanes) is 2. The van der Waals surface area contributed by atoms with E-state index in [1.165, 1.54) is 0 Å². The largest absolute Gasteiger partial charge is 0.507 e. The summed E-state index contributed by atoms with van der Waals surface area (Å²) in [6.07, 6.45) is 9.71. The quantitative estimate of drug-likeness (QED) is 0.111. The van der Waals surface area contributed by atoms with Crippen LogP contribution in [-0.2, 0) is 19.1 Å². The Kier molecular flexibility index (Phi) is 7.99. The second kappa shape index (κ2) is 10.6. The predicted octanol–water partition coefficient (Wildman–Crippen LogP) is 7.52. The molecule has 2 saturated carbocycles. The van der Waals surface area contributed by atoms with Crippen LogP contribution >= 0.6 is 0 Å². The van der Waals surface area contributed by atoms with Crippen molar-refractivity contribution in [3.63, 3.8) is 0 Å². The van der Waals surface area contributed by atoms with Crippen LogP contribution in [0, 0.1) is 28.6 Å². The fraction of sp³-hybridized carbons (Fsp3) is 0.667. The maximum atomic E-state index is 13.8. The van der Waals surface area contributed by atoms with Gasteiger partial charge < -0.3 is 9.84 Å². The minimum Gasteiger partial charge on any atom is -0.507 e. The second-order valence-electron chi connectivity index (χ2n) is 13.6. The Morgan fingerprint density at radius 2 is 1.89 bits per heavy atom. The molecule has 0 spiro atoms. The fourth-order valence-electron chi connectivity index (χ4n) is 7.86. The van der Waals surface area contributed by atoms with Gasteiger partial charge in [-0.1, -0.05) is 57.8 Å². The lowest BCUT2D eigenvalue weighted by atomic mass is 9.70. The summed E-state index contributed by atoms with van der Waals surface area (Å²) >= 11 is 0. The van der Waals surface area contributed by atoms with E-state index in [2.05, 4.69) is 34.3 Å². The van der Waals surface area contributed by atoms with Crippen molar-refractivity contribution in [3.05, 3.63) is 46.3 Å². The minimum absolute atomic E-state index is 0.0377. The molecule has 4 unspecified atom stereocenters. The molecule has 0 amide bonds. The van der Waals surface area contributed by atoms with E-state index in [-0.39, 0.29) is 51.8 Å². The van der Waals surface area contributed by atoms with Gasteiger partial charge in [-0.25, -0.2) is 4.79 Å². The standard InChI is InChI=1S/C33H46O5/c1-8-9-10-11-23-27(31(37)38-25-16-22-17-33(25,7)18-32(22,5)6)29(35)26(30(36)28(23)34)24-15-20(4)12-13-21(24)14-19(2)3/h15,21-22,24-25,35H,2,8-14,16-18H2,1,3-7H3/t21?,22?,24-,25?,33?/m1/s1. The zero-order valence-corrected chi connectivity index (χ0v) is 24.2. The van der Waals surface area contributed by atoms with Gasteiger partial charge in [-0.15, -0.1) is 6.58 Å². The smallest absolute Gasteiger partial charge is 0.342 e. The van der Waals surface area contributed by atoms with Gasteiger partial charge >= 0.3 is 5.97 Å². The molecule has 5 heteroatoms. The van der Waals surface area contributed by atoms with E-state index in [4.69, 9.17) is 4.74 Å². The lowest BCUT2D eigenvalue weighted by molar-refractivity contribution is -0.152. The van der Waals surface area contributed by atoms with Crippen LogP contribution < -0.4 is 0 Å². The fourth-order valence-corrected chi connectivity index (χ4v) is 7.86. The molecule has 4 aliphatic rings. The van der Waals surface area contributed by atoms with E-state index in [1.54, 1.807) is 0 Å². The number of esters is 1. The molecular formula is C33H46O5. The molecule has 0 heterocycles. The van der Waals surface area contributed by atoms with Crippen LogP contribution in [0.3, 0.4) is 0 Å². The molecule has 4 rings (SSSR count). The highest BCUT2D eigenvalue weighted by Crippen LogP contribution is 2.63. The summed E-state index contributed by atoms with van der Waals surface area (Å²) in [5.74, 6) is -2.25. The first-order chi connectivity index (χ1) is 17.8. The Bertz CT molecular complexity index is 1130. The summed E-state index contributed by atoms with van der Waals surface area (Å²) in [5.41, 5.74) is 2.33. The molecule has 208 valence electrons. The van der Waals surface area contributed by atoms with Crippen molar-refractivity contribution in [1.82, 2.24) is 0 Å². The van der Waals surface area contributed by atoms with Crippen LogP contribution in [0.2, 0.25) is 0 Å². The van der Waals surface area contributed by atoms with Gasteiger partial charge in [0.2, 0.25) is 11.6 Å². The Hall–Kier alpha value is -2.43. The zero-order chi connectivity index (χ0) is 28.0. The summed E-state index contributed by atoms with van der Waals surface area (Å²) in [6.45, 7) is 16.8. The average Bonchev–Trinajstić information content (AvgIpc) is 3.26. The zero-order valence-electron chi connectivity index (χ0n) is 24.2. The Morgan fingerprint density at radius 3 is 2.47 bits per heavy atom. The van der Waals surface area contributed by atoms with Crippen LogP contribution in [0.5, 0.6) is 0 Å². The van der Waals surface area contributed by atoms with Crippen LogP contribution in [-0.4, -0.2) is 28.7 Å². The SMILES string of the molecule is C=C(C)CC1CCC(C)=C[C@H]1C1=C(O)C(C(=O)OC2CC3CC2(C)CC3(C)C)=C(CCCCC)C(=O)C1=O. The molecule has 5 nitrogen and oxygen atoms in total. The van der Waals surface area contributed by atoms with Crippen molar-refractivity contribution in [2.75, 3.05) is 0 Å². The van der Waals surface area contributed by atoms with E-state index >= 15 is 0 Å². The van der Waals surface area contributed by atoms with E-state index in [0.29, 0.717) is 18.8 Å². The van der Waals surface area contributed by atoms with Gasteiger partial charge in [-0.3, -0.25) is 9.59 Å². The van der Waals surface area contributed by atoms with E-state index in [0.717, 1.165) is 56.1 Å². The van der Waals surface area contributed by atoms with Gasteiger partial charge in [0.1, 0.15) is 17.4 Å². The van der Waals surface area contributed by atoms with Crippen molar-refractivity contribution in [2.24, 2.45) is 28.6 Å². The van der Waals surface area contributed by atoms with Crippen LogP contribution in [0.1, 0.15) is 106 Å². The Morgan fingerprint density at radius 1 is 1.18 bits per heavy atom. The molecule has 1 N–H and O–H groups in total. The summed E-state index contributed by atoms with van der Waals surface area (Å²) in [6, 6.07) is 0. The normalized spacial score (nSPS) is 32.6. The third-order valence-electron chi connectivity index (χ3n) is 9.78. The van der Waals surface area contributed by atoms with E-state index < -0.39 is 23.5 Å². The van der Waals surface area contributed by atoms with E-state index in [1.807, 2.05) is 19.9 Å². The number of allylic oxidation sites excluding steroid dienone is 5. The minimum atomic E-state index is -0.679. The maximum Gasteiger partial charge on any atom is 0.342 e. The number of hydrogen-bond acceptors (Lipinski definition) is 5. The number of aliphatic hydroxyl groups excluding tert-OH is 1. The molecule has 0 aromatic heterocycles. The number of rotatable bonds is 9. The summed E-state index contributed by atoms with van der Waals surface area (Å²) in [5, 5.41) is 11.7. The monoisotopic (exact) mass is 522 g/mol. The van der Waals surface area contributed by atoms with Gasteiger partial charge in [0.15, 0.2) is 0 Å². The van der Waals surface area contributed by atoms with Gasteiger partial charge in [-0.05, 0) is 82.5 Å². The lowest BCUT2D eigenvalue weighted by Gasteiger charge is -2.39. The topological polar surface area (TPSA) is 80.7 Å². The van der Waals surface area contributed by atoms with Crippen molar-refractivity contribution in [3.8, 4) is 0 Å². The Labute approximate surface area is 228 Å². The molecule has 0 aliphatic heterocycles. The van der Waals surface area contributed by atoms with E-state index in [9.17, 15) is 19.5 Å². The number of ketones is 2. The summed E-state index contributed by atoms with van der Waals surface area (Å²) in [4.78, 5) is 40.9. The van der Waals surface area contributed by atoms with Gasteiger partial charge in [-0.2, -0.15) is 0 Å². The highest BCUT2D eigenvalue weighted by Gasteiger charge is 2.59. The van der Waals surface area contributed by atoms with Crippen molar-refractivity contribution in [1.29, 1.82) is 0 Å². The first-order valence-electron chi connectivity index (χ1n) is 14.6. The maximum absolute atomic E-state index is 13.8.